The molecule has 0 saturated carbocycles. The van der Waals surface area contributed by atoms with Crippen LogP contribution in [0, 0.1) is 5.41 Å². The lowest BCUT2D eigenvalue weighted by Gasteiger charge is -2.29. The predicted molar refractivity (Wildman–Crippen MR) is 66.4 cm³/mol. The third-order valence-corrected chi connectivity index (χ3v) is 3.49. The van der Waals surface area contributed by atoms with Crippen molar-refractivity contribution in [1.82, 2.24) is 4.90 Å². The van der Waals surface area contributed by atoms with Crippen LogP contribution in [0.4, 0.5) is 0 Å². The Morgan fingerprint density at radius 3 is 2.47 bits per heavy atom. The maximum atomic E-state index is 8.16. The Morgan fingerprint density at radius 1 is 1.13 bits per heavy atom. The molecule has 0 aromatic heterocycles. The van der Waals surface area contributed by atoms with Gasteiger partial charge >= 0.3 is 0 Å². The number of amidine groups is 1. The first-order valence-electron chi connectivity index (χ1n) is 5.37. The smallest absolute Gasteiger partial charge is 0.129 e. The summed E-state index contributed by atoms with van der Waals surface area (Å²) in [7, 11) is 0. The maximum Gasteiger partial charge on any atom is 0.129 e. The second-order valence-corrected chi connectivity index (χ2v) is 4.73. The molecule has 2 nitrogen and oxygen atoms in total. The lowest BCUT2D eigenvalue weighted by atomic mass is 10.1. The summed E-state index contributed by atoms with van der Waals surface area (Å²) in [5, 5.41) is 8.16. The molecule has 0 atom stereocenters. The third-order valence-electron chi connectivity index (χ3n) is 2.80. The molecule has 1 aliphatic heterocycles. The van der Waals surface area contributed by atoms with Crippen molar-refractivity contribution < 1.29 is 0 Å². The summed E-state index contributed by atoms with van der Waals surface area (Å²) in [6.45, 7) is 2.06. The van der Waals surface area contributed by atoms with Crippen LogP contribution in [0.3, 0.4) is 0 Å². The minimum atomic E-state index is 0.655. The summed E-state index contributed by atoms with van der Waals surface area (Å²) >= 11 is 3.50. The van der Waals surface area contributed by atoms with Gasteiger partial charge in [0, 0.05) is 23.1 Å². The molecule has 0 spiro atoms. The van der Waals surface area contributed by atoms with Crippen molar-refractivity contribution >= 4 is 21.8 Å². The molecule has 0 bridgehead atoms. The number of nitrogens with zero attached hydrogens (tertiary/aromatic N) is 1. The van der Waals surface area contributed by atoms with E-state index in [0.29, 0.717) is 5.84 Å². The zero-order valence-corrected chi connectivity index (χ0v) is 10.3. The molecule has 3 heteroatoms. The number of rotatable bonds is 1. The normalized spacial score (nSPS) is 16.5. The van der Waals surface area contributed by atoms with Crippen LogP contribution < -0.4 is 0 Å². The first-order chi connectivity index (χ1) is 7.29. The second-order valence-electron chi connectivity index (χ2n) is 3.88. The number of nitrogens with one attached hydrogen (secondary N) is 1. The maximum absolute atomic E-state index is 8.16. The van der Waals surface area contributed by atoms with Gasteiger partial charge in [-0.05, 0) is 25.3 Å². The fraction of sp³-hybridized carbons (Fsp3) is 0.417. The molecule has 1 heterocycles. The molecular formula is C12H15BrN2. The minimum absolute atomic E-state index is 0.655. The molecule has 1 aliphatic rings. The number of likely N-dealkylation sites (tertiary alicyclic amines) is 1. The third kappa shape index (κ3) is 2.40. The first-order valence-corrected chi connectivity index (χ1v) is 6.17. The topological polar surface area (TPSA) is 27.1 Å². The van der Waals surface area contributed by atoms with Crippen LogP contribution in [0.15, 0.2) is 28.7 Å². The predicted octanol–water partition coefficient (Wildman–Crippen LogP) is 3.26. The van der Waals surface area contributed by atoms with Crippen LogP contribution in [0.25, 0.3) is 0 Å². The standard InChI is InChI=1S/C12H15BrN2/c13-11-7-3-2-6-10(11)12(14)15-8-4-1-5-9-15/h2-3,6-7,14H,1,4-5,8-9H2. The van der Waals surface area contributed by atoms with E-state index in [0.717, 1.165) is 23.1 Å². The SMILES string of the molecule is N=C(c1ccccc1Br)N1CCCCC1. The minimum Gasteiger partial charge on any atom is -0.357 e. The monoisotopic (exact) mass is 266 g/mol. The number of piperidine rings is 1. The van der Waals surface area contributed by atoms with Crippen LogP contribution in [-0.2, 0) is 0 Å². The summed E-state index contributed by atoms with van der Waals surface area (Å²) < 4.78 is 1.01. The van der Waals surface area contributed by atoms with Crippen LogP contribution in [0.1, 0.15) is 24.8 Å². The van der Waals surface area contributed by atoms with Crippen LogP contribution >= 0.6 is 15.9 Å². The Labute approximate surface area is 98.9 Å². The average Bonchev–Trinajstić information content (AvgIpc) is 2.30. The zero-order chi connectivity index (χ0) is 10.7. The van der Waals surface area contributed by atoms with Gasteiger partial charge in [0.15, 0.2) is 0 Å². The fourth-order valence-electron chi connectivity index (χ4n) is 1.94. The van der Waals surface area contributed by atoms with E-state index in [4.69, 9.17) is 5.41 Å². The Hall–Kier alpha value is -0.830. The van der Waals surface area contributed by atoms with Gasteiger partial charge in [-0.15, -0.1) is 0 Å². The molecule has 15 heavy (non-hydrogen) atoms. The van der Waals surface area contributed by atoms with Crippen molar-refractivity contribution in [2.24, 2.45) is 0 Å². The summed E-state index contributed by atoms with van der Waals surface area (Å²) in [5.74, 6) is 0.655. The lowest BCUT2D eigenvalue weighted by Crippen LogP contribution is -2.35. The molecule has 1 saturated heterocycles. The Bertz CT molecular complexity index is 356. The number of halogens is 1. The van der Waals surface area contributed by atoms with Gasteiger partial charge in [-0.25, -0.2) is 0 Å². The van der Waals surface area contributed by atoms with E-state index >= 15 is 0 Å². The van der Waals surface area contributed by atoms with Gasteiger partial charge in [0.2, 0.25) is 0 Å². The first kappa shape index (κ1) is 10.7. The molecular weight excluding hydrogens is 252 g/mol. The quantitative estimate of drug-likeness (QED) is 0.613. The van der Waals surface area contributed by atoms with Gasteiger partial charge in [0.1, 0.15) is 5.84 Å². The molecule has 0 unspecified atom stereocenters. The highest BCUT2D eigenvalue weighted by Gasteiger charge is 2.16. The highest BCUT2D eigenvalue weighted by molar-refractivity contribution is 9.10. The lowest BCUT2D eigenvalue weighted by molar-refractivity contribution is 0.341. The largest absolute Gasteiger partial charge is 0.357 e. The van der Waals surface area contributed by atoms with E-state index in [1.165, 1.54) is 19.3 Å². The summed E-state index contributed by atoms with van der Waals surface area (Å²) in [6, 6.07) is 7.96. The van der Waals surface area contributed by atoms with Gasteiger partial charge in [-0.1, -0.05) is 34.1 Å². The number of hydrogen-bond acceptors (Lipinski definition) is 1. The summed E-state index contributed by atoms with van der Waals surface area (Å²) in [5.41, 5.74) is 0.999. The van der Waals surface area contributed by atoms with Crippen molar-refractivity contribution in [2.45, 2.75) is 19.3 Å². The van der Waals surface area contributed by atoms with Crippen LogP contribution in [-0.4, -0.2) is 23.8 Å². The van der Waals surface area contributed by atoms with E-state index in [1.54, 1.807) is 0 Å². The van der Waals surface area contributed by atoms with Gasteiger partial charge < -0.3 is 4.90 Å². The molecule has 0 amide bonds. The highest BCUT2D eigenvalue weighted by Crippen LogP contribution is 2.19. The molecule has 1 aromatic rings. The zero-order valence-electron chi connectivity index (χ0n) is 8.67. The molecule has 80 valence electrons. The van der Waals surface area contributed by atoms with Crippen molar-refractivity contribution in [1.29, 1.82) is 5.41 Å². The van der Waals surface area contributed by atoms with E-state index < -0.39 is 0 Å². The Morgan fingerprint density at radius 2 is 1.80 bits per heavy atom. The van der Waals surface area contributed by atoms with Gasteiger partial charge in [0.25, 0.3) is 0 Å². The number of benzene rings is 1. The second kappa shape index (κ2) is 4.79. The molecule has 1 fully saturated rings. The van der Waals surface area contributed by atoms with Crippen LogP contribution in [0.2, 0.25) is 0 Å². The van der Waals surface area contributed by atoms with E-state index in [-0.39, 0.29) is 0 Å². The average molecular weight is 267 g/mol. The van der Waals surface area contributed by atoms with E-state index in [1.807, 2.05) is 24.3 Å². The fourth-order valence-corrected chi connectivity index (χ4v) is 2.41. The van der Waals surface area contributed by atoms with E-state index in [2.05, 4.69) is 20.8 Å². The van der Waals surface area contributed by atoms with Crippen LogP contribution in [0.5, 0.6) is 0 Å². The van der Waals surface area contributed by atoms with Gasteiger partial charge in [0.05, 0.1) is 0 Å². The van der Waals surface area contributed by atoms with Crippen molar-refractivity contribution in [3.05, 3.63) is 34.3 Å². The molecule has 0 aliphatic carbocycles. The molecule has 2 rings (SSSR count). The van der Waals surface area contributed by atoms with Crippen molar-refractivity contribution in [3.63, 3.8) is 0 Å². The number of hydrogen-bond donors (Lipinski definition) is 1. The molecule has 1 aromatic carbocycles. The van der Waals surface area contributed by atoms with E-state index in [9.17, 15) is 0 Å². The highest BCUT2D eigenvalue weighted by atomic mass is 79.9. The summed E-state index contributed by atoms with van der Waals surface area (Å²) in [4.78, 5) is 2.17. The molecule has 1 N–H and O–H groups in total. The van der Waals surface area contributed by atoms with Crippen molar-refractivity contribution in [2.75, 3.05) is 13.1 Å². The Kier molecular flexibility index (Phi) is 3.41. The molecule has 0 radical (unpaired) electrons. The van der Waals surface area contributed by atoms with Crippen molar-refractivity contribution in [3.8, 4) is 0 Å². The van der Waals surface area contributed by atoms with Gasteiger partial charge in [-0.2, -0.15) is 0 Å². The Balaban J connectivity index is 2.16. The van der Waals surface area contributed by atoms with Gasteiger partial charge in [-0.3, -0.25) is 5.41 Å². The summed E-state index contributed by atoms with van der Waals surface area (Å²) in [6.07, 6.45) is 3.74.